The second-order valence-corrected chi connectivity index (χ2v) is 4.25. The van der Waals surface area contributed by atoms with Crippen LogP contribution in [0.4, 0.5) is 0 Å². The van der Waals surface area contributed by atoms with E-state index in [9.17, 15) is 4.79 Å². The van der Waals surface area contributed by atoms with E-state index in [1.165, 1.54) is 7.11 Å². The highest BCUT2D eigenvalue weighted by molar-refractivity contribution is 5.89. The number of fused-ring (bicyclic) bond motifs is 2. The van der Waals surface area contributed by atoms with Crippen LogP contribution in [0.3, 0.4) is 0 Å². The van der Waals surface area contributed by atoms with E-state index in [1.807, 2.05) is 42.5 Å². The topological polar surface area (TPSA) is 52.1 Å². The highest BCUT2D eigenvalue weighted by atomic mass is 16.5. The van der Waals surface area contributed by atoms with Gasteiger partial charge in [-0.2, -0.15) is 0 Å². The maximum absolute atomic E-state index is 11.4. The summed E-state index contributed by atoms with van der Waals surface area (Å²) in [4.78, 5) is 20.6. The van der Waals surface area contributed by atoms with Crippen molar-refractivity contribution in [1.82, 2.24) is 9.97 Å². The zero-order valence-corrected chi connectivity index (χ0v) is 10.5. The lowest BCUT2D eigenvalue weighted by Crippen LogP contribution is -2.05. The molecule has 0 aliphatic heterocycles. The molecular formula is C15H12N2O2. The number of benzene rings is 2. The Morgan fingerprint density at radius 2 is 1.68 bits per heavy atom. The lowest BCUT2D eigenvalue weighted by Gasteiger charge is -2.05. The molecule has 0 atom stereocenters. The highest BCUT2D eigenvalue weighted by Gasteiger charge is 2.09. The standard InChI is InChI=1S/C15H12N2O2/c1-19-14(18)9-10-5-4-8-13-15(10)17-12-7-3-2-6-11(12)16-13/h2-8H,9H2,1H3. The molecule has 94 valence electrons. The minimum Gasteiger partial charge on any atom is -0.469 e. The monoisotopic (exact) mass is 252 g/mol. The first-order chi connectivity index (χ1) is 9.28. The SMILES string of the molecule is COC(=O)Cc1cccc2nc3ccccc3nc12. The molecule has 0 fully saturated rings. The van der Waals surface area contributed by atoms with E-state index in [-0.39, 0.29) is 12.4 Å². The molecule has 0 unspecified atom stereocenters. The first-order valence-electron chi connectivity index (χ1n) is 5.99. The van der Waals surface area contributed by atoms with Crippen LogP contribution in [0.1, 0.15) is 5.56 Å². The fraction of sp³-hybridized carbons (Fsp3) is 0.133. The zero-order chi connectivity index (χ0) is 13.2. The van der Waals surface area contributed by atoms with Crippen LogP contribution in [0.15, 0.2) is 42.5 Å². The number of methoxy groups -OCH3 is 1. The third kappa shape index (κ3) is 2.12. The molecule has 19 heavy (non-hydrogen) atoms. The summed E-state index contributed by atoms with van der Waals surface area (Å²) in [6.07, 6.45) is 0.209. The summed E-state index contributed by atoms with van der Waals surface area (Å²) in [5.74, 6) is -0.276. The van der Waals surface area contributed by atoms with Gasteiger partial charge in [-0.25, -0.2) is 9.97 Å². The normalized spacial score (nSPS) is 10.8. The van der Waals surface area contributed by atoms with Gasteiger partial charge in [-0.15, -0.1) is 0 Å². The molecular weight excluding hydrogens is 240 g/mol. The number of ether oxygens (including phenoxy) is 1. The maximum atomic E-state index is 11.4. The summed E-state index contributed by atoms with van der Waals surface area (Å²) >= 11 is 0. The predicted octanol–water partition coefficient (Wildman–Crippen LogP) is 2.50. The average molecular weight is 252 g/mol. The molecule has 0 saturated carbocycles. The van der Waals surface area contributed by atoms with Gasteiger partial charge in [-0.3, -0.25) is 4.79 Å². The molecule has 4 nitrogen and oxygen atoms in total. The van der Waals surface area contributed by atoms with E-state index in [0.29, 0.717) is 0 Å². The Hall–Kier alpha value is -2.49. The van der Waals surface area contributed by atoms with Gasteiger partial charge in [0.25, 0.3) is 0 Å². The summed E-state index contributed by atoms with van der Waals surface area (Å²) in [7, 11) is 1.38. The van der Waals surface area contributed by atoms with E-state index < -0.39 is 0 Å². The highest BCUT2D eigenvalue weighted by Crippen LogP contribution is 2.19. The van der Waals surface area contributed by atoms with Crippen molar-refractivity contribution in [2.24, 2.45) is 0 Å². The molecule has 2 aromatic carbocycles. The molecule has 0 spiro atoms. The first kappa shape index (κ1) is 11.6. The number of esters is 1. The van der Waals surface area contributed by atoms with Crippen molar-refractivity contribution in [3.8, 4) is 0 Å². The fourth-order valence-electron chi connectivity index (χ4n) is 2.07. The Bertz CT molecular complexity index is 768. The second kappa shape index (κ2) is 4.65. The second-order valence-electron chi connectivity index (χ2n) is 4.25. The van der Waals surface area contributed by atoms with Crippen molar-refractivity contribution < 1.29 is 9.53 Å². The predicted molar refractivity (Wildman–Crippen MR) is 72.8 cm³/mol. The minimum absolute atomic E-state index is 0.209. The van der Waals surface area contributed by atoms with Gasteiger partial charge in [0.05, 0.1) is 35.6 Å². The Labute approximate surface area is 110 Å². The van der Waals surface area contributed by atoms with Gasteiger partial charge >= 0.3 is 5.97 Å². The summed E-state index contributed by atoms with van der Waals surface area (Å²) in [6.45, 7) is 0. The van der Waals surface area contributed by atoms with Crippen LogP contribution < -0.4 is 0 Å². The molecule has 0 N–H and O–H groups in total. The van der Waals surface area contributed by atoms with Crippen LogP contribution in [-0.4, -0.2) is 23.0 Å². The zero-order valence-electron chi connectivity index (χ0n) is 10.5. The molecule has 3 aromatic rings. The van der Waals surface area contributed by atoms with Crippen molar-refractivity contribution in [3.63, 3.8) is 0 Å². The Morgan fingerprint density at radius 1 is 1.00 bits per heavy atom. The molecule has 4 heteroatoms. The van der Waals surface area contributed by atoms with Gasteiger partial charge in [0.2, 0.25) is 0 Å². The Morgan fingerprint density at radius 3 is 2.42 bits per heavy atom. The van der Waals surface area contributed by atoms with Gasteiger partial charge in [-0.05, 0) is 23.8 Å². The molecule has 1 heterocycles. The summed E-state index contributed by atoms with van der Waals surface area (Å²) in [5.41, 5.74) is 4.06. The number of nitrogens with zero attached hydrogens (tertiary/aromatic N) is 2. The largest absolute Gasteiger partial charge is 0.469 e. The molecule has 3 rings (SSSR count). The summed E-state index contributed by atoms with van der Waals surface area (Å²) < 4.78 is 4.70. The fourth-order valence-corrected chi connectivity index (χ4v) is 2.07. The van der Waals surface area contributed by atoms with E-state index in [4.69, 9.17) is 4.74 Å². The van der Waals surface area contributed by atoms with Crippen molar-refractivity contribution in [1.29, 1.82) is 0 Å². The van der Waals surface area contributed by atoms with Crippen molar-refractivity contribution in [3.05, 3.63) is 48.0 Å². The third-order valence-corrected chi connectivity index (χ3v) is 3.02. The third-order valence-electron chi connectivity index (χ3n) is 3.02. The van der Waals surface area contributed by atoms with Crippen LogP contribution in [0.25, 0.3) is 22.1 Å². The van der Waals surface area contributed by atoms with Gasteiger partial charge < -0.3 is 4.74 Å². The lowest BCUT2D eigenvalue weighted by molar-refractivity contribution is -0.139. The molecule has 0 aliphatic rings. The molecule has 0 amide bonds. The van der Waals surface area contributed by atoms with Gasteiger partial charge in [0, 0.05) is 0 Å². The molecule has 0 aliphatic carbocycles. The van der Waals surface area contributed by atoms with Crippen LogP contribution in [-0.2, 0) is 16.0 Å². The first-order valence-corrected chi connectivity index (χ1v) is 5.99. The summed E-state index contributed by atoms with van der Waals surface area (Å²) in [5, 5.41) is 0. The van der Waals surface area contributed by atoms with Crippen LogP contribution in [0.2, 0.25) is 0 Å². The van der Waals surface area contributed by atoms with Crippen LogP contribution in [0.5, 0.6) is 0 Å². The maximum Gasteiger partial charge on any atom is 0.310 e. The van der Waals surface area contributed by atoms with E-state index in [0.717, 1.165) is 27.6 Å². The average Bonchev–Trinajstić information content (AvgIpc) is 2.45. The Kier molecular flexibility index (Phi) is 2.83. The quantitative estimate of drug-likeness (QED) is 0.519. The lowest BCUT2D eigenvalue weighted by atomic mass is 10.1. The van der Waals surface area contributed by atoms with Gasteiger partial charge in [-0.1, -0.05) is 24.3 Å². The number of hydrogen-bond donors (Lipinski definition) is 0. The van der Waals surface area contributed by atoms with E-state index >= 15 is 0 Å². The molecule has 0 saturated heterocycles. The smallest absolute Gasteiger partial charge is 0.310 e. The number of carbonyl (C=O) groups is 1. The molecule has 0 bridgehead atoms. The van der Waals surface area contributed by atoms with Gasteiger partial charge in [0.1, 0.15) is 0 Å². The van der Waals surface area contributed by atoms with Crippen molar-refractivity contribution in [2.45, 2.75) is 6.42 Å². The van der Waals surface area contributed by atoms with E-state index in [2.05, 4.69) is 9.97 Å². The van der Waals surface area contributed by atoms with Crippen LogP contribution in [0, 0.1) is 0 Å². The van der Waals surface area contributed by atoms with Gasteiger partial charge in [0.15, 0.2) is 0 Å². The Balaban J connectivity index is 2.23. The van der Waals surface area contributed by atoms with Crippen molar-refractivity contribution >= 4 is 28.0 Å². The minimum atomic E-state index is -0.276. The number of para-hydroxylation sites is 3. The van der Waals surface area contributed by atoms with Crippen molar-refractivity contribution in [2.75, 3.05) is 7.11 Å². The number of carbonyl (C=O) groups excluding carboxylic acids is 1. The molecule has 0 radical (unpaired) electrons. The molecule has 1 aromatic heterocycles. The van der Waals surface area contributed by atoms with Crippen LogP contribution >= 0.6 is 0 Å². The number of aromatic nitrogens is 2. The van der Waals surface area contributed by atoms with E-state index in [1.54, 1.807) is 0 Å². The number of rotatable bonds is 2. The number of hydrogen-bond acceptors (Lipinski definition) is 4. The summed E-state index contributed by atoms with van der Waals surface area (Å²) in [6, 6.07) is 13.3.